The van der Waals surface area contributed by atoms with Crippen molar-refractivity contribution >= 4 is 103 Å². The van der Waals surface area contributed by atoms with Crippen LogP contribution < -0.4 is 36.5 Å². The Bertz CT molecular complexity index is 6590. The number of carbonyl (C=O) groups is 3. The van der Waals surface area contributed by atoms with Gasteiger partial charge in [-0.1, -0.05) is 121 Å². The molecule has 3 fully saturated rings. The van der Waals surface area contributed by atoms with Gasteiger partial charge >= 0.3 is 17.1 Å². The van der Waals surface area contributed by atoms with Crippen molar-refractivity contribution in [1.82, 2.24) is 78.2 Å². The van der Waals surface area contributed by atoms with Crippen LogP contribution in [0.4, 0.5) is 35.0 Å². The van der Waals surface area contributed by atoms with Crippen LogP contribution in [-0.4, -0.2) is 179 Å². The van der Waals surface area contributed by atoms with E-state index in [1.54, 1.807) is 81.7 Å². The van der Waals surface area contributed by atoms with Crippen molar-refractivity contribution in [2.45, 2.75) is 164 Å². The number of carbonyl (C=O) groups excluding carboxylic acids is 3. The van der Waals surface area contributed by atoms with Gasteiger partial charge in [0.1, 0.15) is 41.2 Å². The van der Waals surface area contributed by atoms with Crippen molar-refractivity contribution in [3.05, 3.63) is 251 Å². The number of fused-ring (bicyclic) bond motifs is 3. The van der Waals surface area contributed by atoms with Crippen LogP contribution >= 0.6 is 34.8 Å². The van der Waals surface area contributed by atoms with Crippen LogP contribution in [0.15, 0.2) is 162 Å². The molecule has 0 saturated carbocycles. The van der Waals surface area contributed by atoms with Crippen LogP contribution in [0.3, 0.4) is 0 Å². The highest BCUT2D eigenvalue weighted by atomic mass is 35.5. The minimum absolute atomic E-state index is 0.00815. The molecule has 0 N–H and O–H groups in total. The molecule has 26 nitrogen and oxygen atoms in total. The fourth-order valence-electron chi connectivity index (χ4n) is 16.8. The zero-order valence-corrected chi connectivity index (χ0v) is 75.7. The summed E-state index contributed by atoms with van der Waals surface area (Å²) < 4.78 is 68.2. The second-order valence-electron chi connectivity index (χ2n) is 32.9. The first-order valence-corrected chi connectivity index (χ1v) is 42.9. The zero-order chi connectivity index (χ0) is 91.9. The number of amides is 3. The molecule has 6 unspecified atom stereocenters. The maximum Gasteiger partial charge on any atom is 0.355 e. The van der Waals surface area contributed by atoms with Crippen molar-refractivity contribution in [3.8, 4) is 56.6 Å². The highest BCUT2D eigenvalue weighted by Gasteiger charge is 2.39. The van der Waals surface area contributed by atoms with Crippen molar-refractivity contribution < 1.29 is 36.7 Å². The van der Waals surface area contributed by atoms with Crippen LogP contribution in [0.1, 0.15) is 142 Å². The molecule has 660 valence electrons. The number of benzene rings is 3. The second kappa shape index (κ2) is 37.9. The Labute approximate surface area is 747 Å². The number of nitrogens with zero attached hydrogens (tertiary/aromatic N) is 19. The van der Waals surface area contributed by atoms with Crippen LogP contribution in [-0.2, 0) is 20.8 Å². The SMILES string of the molecule is C=CC(=O)N1CC(C)N(c2nc(=O)n(-c3c(C)ccnc3C(C)C)c3nc(-c4ccc(F)cc4F)c(Cl)cc23)CC1C.C=CC(=O)N1CC(C)N(c2nc(=O)n(-c3c(C)ccnc3C(C)C)c3nc(-c4cccc(F)c4OC)c(Cl)cc23)CC1C.C=CC(=O)N1CC(C)N(c2nc(=O)n(-c3c(CC)ncnc3C(C)C)c3nc(-c4ccccc4F)c(Cl)cc23)CC1C. The molecule has 15 rings (SSSR count). The van der Waals surface area contributed by atoms with Gasteiger partial charge in [-0.3, -0.25) is 24.4 Å². The van der Waals surface area contributed by atoms with Gasteiger partial charge in [-0.25, -0.2) is 70.6 Å². The zero-order valence-electron chi connectivity index (χ0n) is 73.4. The molecule has 0 bridgehead atoms. The molecule has 33 heteroatoms. The molecule has 6 atom stereocenters. The molecular formula is C94H98Cl3F4N19O7. The molecular weight excluding hydrogens is 1690 g/mol. The molecule has 12 heterocycles. The molecule has 3 amide bonds. The first-order chi connectivity index (χ1) is 60.5. The van der Waals surface area contributed by atoms with E-state index in [1.807, 2.05) is 125 Å². The van der Waals surface area contributed by atoms with Crippen LogP contribution in [0.5, 0.6) is 5.75 Å². The minimum Gasteiger partial charge on any atom is -0.493 e. The standard InChI is InChI=1S/C32H34ClFN6O3.C31H31ClF2N6O2.C31H33ClFN7O2/c1-8-25(41)38-15-20(6)39(16-19(38)5)30-22-14-23(33)27(21-10-9-11-24(34)29(21)43-7)36-31(22)40(32(42)37-30)28-18(4)12-13-35-26(28)17(2)3;1-7-25(41)38-14-19(6)39(15-18(38)5)29-22-13-23(32)27(21-9-8-20(33)12-24(21)34)36-30(22)40(31(42)37-29)28-17(4)10-11-35-26(28)16(2)3;1-7-24-28(26(17(3)4)35-16-34-24)40-30-21(13-22(32)27(36-30)20-11-9-10-12-23(20)33)29(37-31(40)42)39-15-18(5)38(14-19(39)6)25(41)8-2/h8-14,17,19-20H,1,15-16H2,2-7H3;7-13,16,18-19H,1,14-15H2,2-6H3;8-13,16-19H,2,7,14-15H2,1,3-6H3. The first kappa shape index (κ1) is 92.0. The lowest BCUT2D eigenvalue weighted by Crippen LogP contribution is -2.58. The fourth-order valence-corrected chi connectivity index (χ4v) is 17.6. The van der Waals surface area contributed by atoms with Gasteiger partial charge in [0.05, 0.1) is 95.3 Å². The number of aromatic nitrogens is 13. The van der Waals surface area contributed by atoms with E-state index in [4.69, 9.17) is 54.5 Å². The van der Waals surface area contributed by atoms with E-state index < -0.39 is 40.3 Å². The van der Waals surface area contributed by atoms with Gasteiger partial charge in [0.15, 0.2) is 28.5 Å². The monoisotopic (exact) mass is 1790 g/mol. The van der Waals surface area contributed by atoms with Crippen LogP contribution in [0, 0.1) is 37.1 Å². The molecule has 12 aromatic rings. The lowest BCUT2D eigenvalue weighted by molar-refractivity contribution is -0.129. The Morgan fingerprint density at radius 1 is 0.449 bits per heavy atom. The van der Waals surface area contributed by atoms with Gasteiger partial charge in [-0.2, -0.15) is 15.0 Å². The lowest BCUT2D eigenvalue weighted by atomic mass is 10.0. The van der Waals surface area contributed by atoms with Crippen molar-refractivity contribution in [2.75, 3.05) is 61.1 Å². The average Bonchev–Trinajstić information content (AvgIpc) is 0.740. The third-order valence-electron chi connectivity index (χ3n) is 23.2. The summed E-state index contributed by atoms with van der Waals surface area (Å²) in [5, 5.41) is 2.07. The van der Waals surface area contributed by atoms with Gasteiger partial charge in [0.2, 0.25) is 17.7 Å². The molecule has 0 radical (unpaired) electrons. The number of hydrogen-bond acceptors (Lipinski definition) is 20. The van der Waals surface area contributed by atoms with Gasteiger partial charge in [0.25, 0.3) is 0 Å². The predicted molar refractivity (Wildman–Crippen MR) is 490 cm³/mol. The van der Waals surface area contributed by atoms with E-state index in [9.17, 15) is 46.3 Å². The largest absolute Gasteiger partial charge is 0.493 e. The van der Waals surface area contributed by atoms with Crippen LogP contribution in [0.25, 0.3) is 83.9 Å². The number of halogens is 7. The average molecular weight is 1790 g/mol. The Kier molecular flexibility index (Phi) is 27.4. The minimum atomic E-state index is -0.835. The number of hydrogen-bond donors (Lipinski definition) is 0. The number of ether oxygens (including phenoxy) is 1. The van der Waals surface area contributed by atoms with Crippen molar-refractivity contribution in [1.29, 1.82) is 0 Å². The summed E-state index contributed by atoms with van der Waals surface area (Å²) in [6, 6.07) is 21.4. The summed E-state index contributed by atoms with van der Waals surface area (Å²) in [4.78, 5) is 137. The summed E-state index contributed by atoms with van der Waals surface area (Å²) >= 11 is 20.4. The third-order valence-corrected chi connectivity index (χ3v) is 24.0. The Morgan fingerprint density at radius 3 is 1.18 bits per heavy atom. The van der Waals surface area contributed by atoms with E-state index in [0.29, 0.717) is 130 Å². The molecule has 3 aliphatic rings. The lowest BCUT2D eigenvalue weighted by Gasteiger charge is -2.44. The molecule has 0 aliphatic carbocycles. The first-order valence-electron chi connectivity index (χ1n) is 41.8. The van der Waals surface area contributed by atoms with E-state index in [0.717, 1.165) is 23.3 Å². The predicted octanol–water partition coefficient (Wildman–Crippen LogP) is 16.8. The van der Waals surface area contributed by atoms with Crippen molar-refractivity contribution in [2.24, 2.45) is 0 Å². The van der Waals surface area contributed by atoms with Gasteiger partial charge in [0, 0.05) is 111 Å². The Morgan fingerprint density at radius 2 is 0.811 bits per heavy atom. The number of methoxy groups -OCH3 is 1. The molecule has 3 aromatic carbocycles. The van der Waals surface area contributed by atoms with Gasteiger partial charge in [-0.15, -0.1) is 0 Å². The van der Waals surface area contributed by atoms with Gasteiger partial charge < -0.3 is 34.1 Å². The van der Waals surface area contributed by atoms with E-state index >= 15 is 0 Å². The maximum atomic E-state index is 15.0. The number of piperazine rings is 3. The maximum absolute atomic E-state index is 15.0. The quantitative estimate of drug-likeness (QED) is 0.0605. The van der Waals surface area contributed by atoms with E-state index in [2.05, 4.69) is 54.6 Å². The summed E-state index contributed by atoms with van der Waals surface area (Å²) in [6.07, 6.45) is 9.33. The number of rotatable bonds is 17. The summed E-state index contributed by atoms with van der Waals surface area (Å²) in [6.45, 7) is 42.6. The molecule has 127 heavy (non-hydrogen) atoms. The summed E-state index contributed by atoms with van der Waals surface area (Å²) in [5.41, 5.74) is 6.05. The number of para-hydroxylation sites is 1. The molecule has 3 aliphatic heterocycles. The van der Waals surface area contributed by atoms with E-state index in [-0.39, 0.29) is 132 Å². The fraction of sp³-hybridized carbons (Fsp3) is 0.340. The normalized spacial score (nSPS) is 17.2. The van der Waals surface area contributed by atoms with E-state index in [1.165, 1.54) is 63.6 Å². The van der Waals surface area contributed by atoms with Crippen molar-refractivity contribution in [3.63, 3.8) is 0 Å². The van der Waals surface area contributed by atoms with Gasteiger partial charge in [-0.05, 0) is 176 Å². The highest BCUT2D eigenvalue weighted by molar-refractivity contribution is 6.35. The molecule has 3 saturated heterocycles. The third kappa shape index (κ3) is 17.7. The summed E-state index contributed by atoms with van der Waals surface area (Å²) in [7, 11) is 1.38. The summed E-state index contributed by atoms with van der Waals surface area (Å²) in [5.74, 6) is -2.05. The Balaban J connectivity index is 0.000000163. The van der Waals surface area contributed by atoms with Crippen LogP contribution in [0.2, 0.25) is 15.1 Å². The second-order valence-corrected chi connectivity index (χ2v) is 34.1. The Hall–Kier alpha value is -12.7. The number of pyridine rings is 5. The molecule has 0 spiro atoms. The number of aryl methyl sites for hydroxylation is 3. The number of anilines is 3. The smallest absolute Gasteiger partial charge is 0.355 e. The topological polar surface area (TPSA) is 275 Å². The highest BCUT2D eigenvalue weighted by Crippen LogP contribution is 2.43. The molecule has 9 aromatic heterocycles.